The van der Waals surface area contributed by atoms with Crippen molar-refractivity contribution in [2.45, 2.75) is 25.8 Å². The Hall–Kier alpha value is -2.14. The monoisotopic (exact) mass is 350 g/mol. The lowest BCUT2D eigenvalue weighted by Crippen LogP contribution is -2.39. The van der Waals surface area contributed by atoms with Crippen molar-refractivity contribution in [3.05, 3.63) is 17.7 Å². The van der Waals surface area contributed by atoms with Gasteiger partial charge in [0.1, 0.15) is 17.8 Å². The molecule has 132 valence electrons. The van der Waals surface area contributed by atoms with Crippen molar-refractivity contribution in [3.63, 3.8) is 0 Å². The van der Waals surface area contributed by atoms with E-state index in [1.54, 1.807) is 0 Å². The number of hydrogen-bond acceptors (Lipinski definition) is 7. The molecule has 0 saturated heterocycles. The van der Waals surface area contributed by atoms with Crippen LogP contribution in [-0.4, -0.2) is 48.2 Å². The number of esters is 1. The van der Waals surface area contributed by atoms with E-state index in [9.17, 15) is 18.0 Å². The van der Waals surface area contributed by atoms with Gasteiger partial charge in [0.05, 0.1) is 0 Å². The number of rotatable bonds is 5. The van der Waals surface area contributed by atoms with E-state index in [2.05, 4.69) is 4.74 Å². The maximum atomic E-state index is 12.3. The fourth-order valence-corrected chi connectivity index (χ4v) is 1.94. The molecule has 2 N–H and O–H groups in total. The Kier molecular flexibility index (Phi) is 4.86. The Labute approximate surface area is 135 Å². The molecule has 1 aromatic rings. The summed E-state index contributed by atoms with van der Waals surface area (Å²) >= 11 is 0. The molecule has 1 heterocycles. The van der Waals surface area contributed by atoms with Gasteiger partial charge in [0.25, 0.3) is 0 Å². The fraction of sp³-hybridized carbons (Fsp3) is 0.462. The van der Waals surface area contributed by atoms with Crippen LogP contribution in [0.15, 0.2) is 12.1 Å². The van der Waals surface area contributed by atoms with Crippen LogP contribution >= 0.6 is 0 Å². The predicted octanol–water partition coefficient (Wildman–Crippen LogP) is 1.30. The number of ether oxygens (including phenoxy) is 4. The maximum absolute atomic E-state index is 12.3. The van der Waals surface area contributed by atoms with Gasteiger partial charge < -0.3 is 29.0 Å². The smallest absolute Gasteiger partial charge is 0.491 e. The average molecular weight is 350 g/mol. The van der Waals surface area contributed by atoms with Crippen molar-refractivity contribution in [1.29, 1.82) is 0 Å². The van der Waals surface area contributed by atoms with Crippen molar-refractivity contribution in [2.75, 3.05) is 13.1 Å². The molecule has 0 radical (unpaired) electrons. The van der Waals surface area contributed by atoms with E-state index in [0.29, 0.717) is 0 Å². The second-order valence-corrected chi connectivity index (χ2v) is 5.35. The molecule has 1 aromatic carbocycles. The summed E-state index contributed by atoms with van der Waals surface area (Å²) in [6.07, 6.45) is -4.60. The SMILES string of the molecule is CC1(C)OC(=O)c2c(OCC(F)(F)F)ccc(OCB(O)O)c2O1. The predicted molar refractivity (Wildman–Crippen MR) is 73.8 cm³/mol. The van der Waals surface area contributed by atoms with Crippen LogP contribution in [0, 0.1) is 0 Å². The van der Waals surface area contributed by atoms with Crippen LogP contribution in [0.3, 0.4) is 0 Å². The summed E-state index contributed by atoms with van der Waals surface area (Å²) in [4.78, 5) is 12.1. The van der Waals surface area contributed by atoms with E-state index in [1.165, 1.54) is 19.9 Å². The summed E-state index contributed by atoms with van der Waals surface area (Å²) in [7, 11) is -1.79. The molecule has 24 heavy (non-hydrogen) atoms. The number of fused-ring (bicyclic) bond motifs is 1. The van der Waals surface area contributed by atoms with Gasteiger partial charge in [-0.25, -0.2) is 4.79 Å². The van der Waals surface area contributed by atoms with Crippen LogP contribution in [0.1, 0.15) is 24.2 Å². The topological polar surface area (TPSA) is 94.5 Å². The first-order valence-electron chi connectivity index (χ1n) is 6.76. The maximum Gasteiger partial charge on any atom is 0.491 e. The molecule has 0 amide bonds. The number of hydrogen-bond donors (Lipinski definition) is 2. The molecule has 0 bridgehead atoms. The Morgan fingerprint density at radius 3 is 2.38 bits per heavy atom. The number of halogens is 3. The third kappa shape index (κ3) is 4.45. The zero-order chi connectivity index (χ0) is 18.1. The molecular formula is C13H14BF3O7. The first kappa shape index (κ1) is 18.2. The minimum atomic E-state index is -4.60. The summed E-state index contributed by atoms with van der Waals surface area (Å²) in [6, 6.07) is 2.27. The molecular weight excluding hydrogens is 336 g/mol. The third-order valence-corrected chi connectivity index (χ3v) is 2.75. The van der Waals surface area contributed by atoms with E-state index < -0.39 is 38.2 Å². The second-order valence-electron chi connectivity index (χ2n) is 5.35. The van der Waals surface area contributed by atoms with Gasteiger partial charge in [-0.15, -0.1) is 0 Å². The lowest BCUT2D eigenvalue weighted by Gasteiger charge is -2.33. The van der Waals surface area contributed by atoms with Crippen LogP contribution in [0.5, 0.6) is 17.2 Å². The molecule has 7 nitrogen and oxygen atoms in total. The van der Waals surface area contributed by atoms with Crippen LogP contribution in [-0.2, 0) is 4.74 Å². The molecule has 0 spiro atoms. The molecule has 11 heteroatoms. The Morgan fingerprint density at radius 1 is 1.17 bits per heavy atom. The normalized spacial score (nSPS) is 15.9. The highest BCUT2D eigenvalue weighted by atomic mass is 19.4. The zero-order valence-electron chi connectivity index (χ0n) is 12.7. The van der Waals surface area contributed by atoms with Gasteiger partial charge in [0.2, 0.25) is 5.79 Å². The molecule has 0 aromatic heterocycles. The van der Waals surface area contributed by atoms with Gasteiger partial charge in [0, 0.05) is 13.8 Å². The first-order valence-corrected chi connectivity index (χ1v) is 6.76. The van der Waals surface area contributed by atoms with Crippen LogP contribution in [0.4, 0.5) is 13.2 Å². The lowest BCUT2D eigenvalue weighted by molar-refractivity contribution is -0.154. The molecule has 2 rings (SSSR count). The van der Waals surface area contributed by atoms with Crippen LogP contribution in [0.25, 0.3) is 0 Å². The van der Waals surface area contributed by atoms with Gasteiger partial charge in [-0.1, -0.05) is 0 Å². The molecule has 0 aliphatic carbocycles. The third-order valence-electron chi connectivity index (χ3n) is 2.75. The van der Waals surface area contributed by atoms with Gasteiger partial charge in [-0.3, -0.25) is 0 Å². The van der Waals surface area contributed by atoms with Gasteiger partial charge in [-0.05, 0) is 12.1 Å². The Morgan fingerprint density at radius 2 is 1.79 bits per heavy atom. The molecule has 0 fully saturated rings. The molecule has 1 aliphatic heterocycles. The summed E-state index contributed by atoms with van der Waals surface area (Å²) < 4.78 is 57.1. The van der Waals surface area contributed by atoms with E-state index in [1.807, 2.05) is 0 Å². The van der Waals surface area contributed by atoms with Crippen molar-refractivity contribution < 1.29 is 47.0 Å². The average Bonchev–Trinajstić information content (AvgIpc) is 2.40. The van der Waals surface area contributed by atoms with E-state index >= 15 is 0 Å². The number of alkyl halides is 3. The fourth-order valence-electron chi connectivity index (χ4n) is 1.94. The van der Waals surface area contributed by atoms with E-state index in [-0.39, 0.29) is 22.8 Å². The number of benzene rings is 1. The van der Waals surface area contributed by atoms with Crippen LogP contribution < -0.4 is 14.2 Å². The number of cyclic esters (lactones) is 1. The standard InChI is InChI=1S/C13H14BF3O7/c1-12(2)23-10-8(22-6-14(19)20)4-3-7(9(10)11(18)24-12)21-5-13(15,16)17/h3-4,19-20H,5-6H2,1-2H3. The summed E-state index contributed by atoms with van der Waals surface area (Å²) in [5, 5.41) is 17.7. The van der Waals surface area contributed by atoms with E-state index in [4.69, 9.17) is 24.3 Å². The van der Waals surface area contributed by atoms with Gasteiger partial charge in [-0.2, -0.15) is 13.2 Å². The highest BCUT2D eigenvalue weighted by molar-refractivity contribution is 6.40. The summed E-state index contributed by atoms with van der Waals surface area (Å²) in [5.41, 5.74) is -0.372. The van der Waals surface area contributed by atoms with Crippen molar-refractivity contribution in [2.24, 2.45) is 0 Å². The zero-order valence-corrected chi connectivity index (χ0v) is 12.7. The Balaban J connectivity index is 2.40. The molecule has 1 aliphatic rings. The minimum absolute atomic E-state index is 0.0674. The van der Waals surface area contributed by atoms with Crippen molar-refractivity contribution >= 4 is 13.1 Å². The van der Waals surface area contributed by atoms with Crippen molar-refractivity contribution in [3.8, 4) is 17.2 Å². The minimum Gasteiger partial charge on any atom is -0.492 e. The lowest BCUT2D eigenvalue weighted by atomic mass is 9.95. The highest BCUT2D eigenvalue weighted by Crippen LogP contribution is 2.44. The number of carbonyl (C=O) groups excluding carboxylic acids is 1. The highest BCUT2D eigenvalue weighted by Gasteiger charge is 2.39. The second kappa shape index (κ2) is 6.40. The quantitative estimate of drug-likeness (QED) is 0.611. The molecule has 0 saturated carbocycles. The number of carbonyl (C=O) groups is 1. The largest absolute Gasteiger partial charge is 0.492 e. The van der Waals surface area contributed by atoms with E-state index in [0.717, 1.165) is 6.07 Å². The molecule has 0 unspecified atom stereocenters. The van der Waals surface area contributed by atoms with Gasteiger partial charge in [0.15, 0.2) is 18.1 Å². The molecule has 0 atom stereocenters. The summed E-state index contributed by atoms with van der Waals surface area (Å²) in [5.74, 6) is -2.99. The van der Waals surface area contributed by atoms with Crippen molar-refractivity contribution in [1.82, 2.24) is 0 Å². The Bertz CT molecular complexity index is 631. The first-order chi connectivity index (χ1) is 11.0. The summed E-state index contributed by atoms with van der Waals surface area (Å²) in [6.45, 7) is 0.698. The van der Waals surface area contributed by atoms with Gasteiger partial charge >= 0.3 is 19.3 Å². The van der Waals surface area contributed by atoms with Crippen LogP contribution in [0.2, 0.25) is 0 Å².